The van der Waals surface area contributed by atoms with Crippen LogP contribution in [0.5, 0.6) is 0 Å². The number of halogens is 1. The monoisotopic (exact) mass is 330 g/mol. The summed E-state index contributed by atoms with van der Waals surface area (Å²) in [7, 11) is 2.07. The van der Waals surface area contributed by atoms with E-state index >= 15 is 0 Å². The number of aromatic nitrogens is 2. The van der Waals surface area contributed by atoms with Crippen molar-refractivity contribution in [3.05, 3.63) is 52.8 Å². The molecule has 0 amide bonds. The predicted octanol–water partition coefficient (Wildman–Crippen LogP) is 3.54. The second kappa shape index (κ2) is 7.28. The minimum absolute atomic E-state index is 0.490. The first kappa shape index (κ1) is 16.2. The lowest BCUT2D eigenvalue weighted by Crippen LogP contribution is -2.43. The molecule has 0 saturated carbocycles. The lowest BCUT2D eigenvalue weighted by Gasteiger charge is -2.36. The van der Waals surface area contributed by atoms with Crippen molar-refractivity contribution in [2.45, 2.75) is 32.4 Å². The van der Waals surface area contributed by atoms with Crippen LogP contribution >= 0.6 is 11.6 Å². The predicted molar refractivity (Wildman–Crippen MR) is 94.9 cm³/mol. The van der Waals surface area contributed by atoms with Gasteiger partial charge in [-0.25, -0.2) is 9.97 Å². The van der Waals surface area contributed by atoms with Crippen LogP contribution in [0.2, 0.25) is 5.02 Å². The highest BCUT2D eigenvalue weighted by molar-refractivity contribution is 6.30. The van der Waals surface area contributed by atoms with Gasteiger partial charge in [-0.3, -0.25) is 4.90 Å². The van der Waals surface area contributed by atoms with Crippen molar-refractivity contribution in [2.75, 3.05) is 25.0 Å². The molecule has 2 aromatic rings. The van der Waals surface area contributed by atoms with E-state index in [-0.39, 0.29) is 0 Å². The minimum atomic E-state index is 0.490. The molecule has 2 heterocycles. The molecule has 0 bridgehead atoms. The molecule has 122 valence electrons. The van der Waals surface area contributed by atoms with Gasteiger partial charge in [0.05, 0.1) is 17.4 Å². The van der Waals surface area contributed by atoms with Crippen LogP contribution in [0.1, 0.15) is 24.0 Å². The quantitative estimate of drug-likeness (QED) is 0.858. The van der Waals surface area contributed by atoms with Crippen molar-refractivity contribution in [1.29, 1.82) is 0 Å². The van der Waals surface area contributed by atoms with E-state index in [1.54, 1.807) is 12.4 Å². The van der Waals surface area contributed by atoms with Crippen LogP contribution in [0.4, 0.5) is 5.95 Å². The molecular formula is C18H23ClN4. The fourth-order valence-corrected chi connectivity index (χ4v) is 3.24. The van der Waals surface area contributed by atoms with Crippen LogP contribution in [0.25, 0.3) is 0 Å². The lowest BCUT2D eigenvalue weighted by atomic mass is 10.0. The Morgan fingerprint density at radius 2 is 1.83 bits per heavy atom. The van der Waals surface area contributed by atoms with Gasteiger partial charge in [0, 0.05) is 32.7 Å². The molecule has 0 atom stereocenters. The molecule has 1 aromatic carbocycles. The highest BCUT2D eigenvalue weighted by atomic mass is 35.5. The van der Waals surface area contributed by atoms with Crippen LogP contribution in [0.15, 0.2) is 36.7 Å². The summed E-state index contributed by atoms with van der Waals surface area (Å²) in [5.41, 5.74) is 2.81. The smallest absolute Gasteiger partial charge is 0.225 e. The summed E-state index contributed by atoms with van der Waals surface area (Å²) in [6.07, 6.45) is 5.59. The third-order valence-electron chi connectivity index (χ3n) is 4.68. The number of nitrogens with zero attached hydrogens (tertiary/aromatic N) is 4. The Hall–Kier alpha value is -1.65. The first-order valence-electron chi connectivity index (χ1n) is 8.11. The molecule has 5 heteroatoms. The molecule has 3 rings (SSSR count). The van der Waals surface area contributed by atoms with Crippen LogP contribution in [-0.4, -0.2) is 41.0 Å². The fourth-order valence-electron chi connectivity index (χ4n) is 3.14. The number of piperidine rings is 1. The van der Waals surface area contributed by atoms with Crippen LogP contribution in [0, 0.1) is 6.92 Å². The van der Waals surface area contributed by atoms with Gasteiger partial charge in [-0.1, -0.05) is 35.9 Å². The van der Waals surface area contributed by atoms with Gasteiger partial charge in [0.2, 0.25) is 5.95 Å². The van der Waals surface area contributed by atoms with Crippen LogP contribution < -0.4 is 4.90 Å². The maximum atomic E-state index is 5.86. The van der Waals surface area contributed by atoms with Gasteiger partial charge in [-0.2, -0.15) is 0 Å². The maximum absolute atomic E-state index is 5.86. The third kappa shape index (κ3) is 4.01. The lowest BCUT2D eigenvalue weighted by molar-refractivity contribution is 0.202. The molecule has 0 N–H and O–H groups in total. The summed E-state index contributed by atoms with van der Waals surface area (Å²) >= 11 is 5.86. The number of likely N-dealkylation sites (tertiary alicyclic amines) is 1. The molecule has 0 aliphatic carbocycles. The Morgan fingerprint density at radius 1 is 1.17 bits per heavy atom. The first-order valence-corrected chi connectivity index (χ1v) is 8.48. The van der Waals surface area contributed by atoms with Gasteiger partial charge in [0.1, 0.15) is 0 Å². The Kier molecular flexibility index (Phi) is 5.13. The molecule has 4 nitrogen and oxygen atoms in total. The number of benzene rings is 1. The molecule has 1 fully saturated rings. The summed E-state index contributed by atoms with van der Waals surface area (Å²) in [6, 6.07) is 9.14. The second-order valence-corrected chi connectivity index (χ2v) is 6.68. The number of rotatable bonds is 4. The van der Waals surface area contributed by atoms with E-state index in [1.807, 2.05) is 0 Å². The van der Waals surface area contributed by atoms with Gasteiger partial charge >= 0.3 is 0 Å². The second-order valence-electron chi connectivity index (χ2n) is 6.25. The number of anilines is 1. The molecule has 0 spiro atoms. The van der Waals surface area contributed by atoms with E-state index in [0.29, 0.717) is 11.1 Å². The van der Waals surface area contributed by atoms with Crippen molar-refractivity contribution < 1.29 is 0 Å². The normalized spacial score (nSPS) is 16.5. The van der Waals surface area contributed by atoms with Gasteiger partial charge < -0.3 is 4.90 Å². The van der Waals surface area contributed by atoms with Gasteiger partial charge in [0.25, 0.3) is 0 Å². The highest BCUT2D eigenvalue weighted by Gasteiger charge is 2.24. The maximum Gasteiger partial charge on any atom is 0.225 e. The van der Waals surface area contributed by atoms with Gasteiger partial charge in [0.15, 0.2) is 0 Å². The minimum Gasteiger partial charge on any atom is -0.341 e. The summed E-state index contributed by atoms with van der Waals surface area (Å²) < 4.78 is 0. The summed E-state index contributed by atoms with van der Waals surface area (Å²) in [5.74, 6) is 0.756. The molecular weight excluding hydrogens is 308 g/mol. The summed E-state index contributed by atoms with van der Waals surface area (Å²) in [4.78, 5) is 13.4. The van der Waals surface area contributed by atoms with E-state index < -0.39 is 0 Å². The SMILES string of the molecule is Cc1ccccc1CN1CCC(N(C)c2ncc(Cl)cn2)CC1. The highest BCUT2D eigenvalue weighted by Crippen LogP contribution is 2.21. The zero-order chi connectivity index (χ0) is 16.2. The Labute approximate surface area is 143 Å². The number of hydrogen-bond donors (Lipinski definition) is 0. The van der Waals surface area contributed by atoms with Crippen molar-refractivity contribution in [2.24, 2.45) is 0 Å². The summed E-state index contributed by atoms with van der Waals surface area (Å²) in [6.45, 7) is 5.45. The molecule has 1 aliphatic rings. The van der Waals surface area contributed by atoms with Crippen LogP contribution in [-0.2, 0) is 6.54 Å². The Bertz CT molecular complexity index is 636. The molecule has 1 saturated heterocycles. The van der Waals surface area contributed by atoms with E-state index in [2.05, 4.69) is 58.0 Å². The van der Waals surface area contributed by atoms with E-state index in [9.17, 15) is 0 Å². The molecule has 1 aliphatic heterocycles. The van der Waals surface area contributed by atoms with Gasteiger partial charge in [-0.15, -0.1) is 0 Å². The van der Waals surface area contributed by atoms with E-state index in [0.717, 1.165) is 38.4 Å². The van der Waals surface area contributed by atoms with Crippen LogP contribution in [0.3, 0.4) is 0 Å². The Balaban J connectivity index is 1.56. The fraction of sp³-hybridized carbons (Fsp3) is 0.444. The number of aryl methyl sites for hydroxylation is 1. The third-order valence-corrected chi connectivity index (χ3v) is 4.88. The van der Waals surface area contributed by atoms with Gasteiger partial charge in [-0.05, 0) is 30.9 Å². The van der Waals surface area contributed by atoms with Crippen molar-refractivity contribution >= 4 is 17.5 Å². The van der Waals surface area contributed by atoms with Crippen molar-refractivity contribution in [1.82, 2.24) is 14.9 Å². The first-order chi connectivity index (χ1) is 11.1. The van der Waals surface area contributed by atoms with Crippen molar-refractivity contribution in [3.63, 3.8) is 0 Å². The van der Waals surface area contributed by atoms with E-state index in [1.165, 1.54) is 11.1 Å². The molecule has 1 aromatic heterocycles. The molecule has 23 heavy (non-hydrogen) atoms. The van der Waals surface area contributed by atoms with E-state index in [4.69, 9.17) is 11.6 Å². The largest absolute Gasteiger partial charge is 0.341 e. The molecule has 0 radical (unpaired) electrons. The average Bonchev–Trinajstić information content (AvgIpc) is 2.58. The zero-order valence-corrected chi connectivity index (χ0v) is 14.5. The number of hydrogen-bond acceptors (Lipinski definition) is 4. The Morgan fingerprint density at radius 3 is 2.48 bits per heavy atom. The topological polar surface area (TPSA) is 32.3 Å². The zero-order valence-electron chi connectivity index (χ0n) is 13.7. The standard InChI is InChI=1S/C18H23ClN4/c1-14-5-3-4-6-15(14)13-23-9-7-17(8-10-23)22(2)18-20-11-16(19)12-21-18/h3-6,11-12,17H,7-10,13H2,1-2H3. The molecule has 0 unspecified atom stereocenters. The summed E-state index contributed by atoms with van der Waals surface area (Å²) in [5, 5.41) is 0.579. The average molecular weight is 331 g/mol. The van der Waals surface area contributed by atoms with Crippen molar-refractivity contribution in [3.8, 4) is 0 Å².